The minimum absolute atomic E-state index is 0.0860. The first-order valence-corrected chi connectivity index (χ1v) is 9.96. The summed E-state index contributed by atoms with van der Waals surface area (Å²) in [4.78, 5) is 33.4. The molecule has 1 aliphatic rings. The van der Waals surface area contributed by atoms with Crippen LogP contribution in [0, 0.1) is 5.92 Å². The number of hydrogen-bond donors (Lipinski definition) is 5. The number of carbonyl (C=O) groups is 1. The summed E-state index contributed by atoms with van der Waals surface area (Å²) in [6.45, 7) is 3.23. The zero-order valence-electron chi connectivity index (χ0n) is 15.4. The second kappa shape index (κ2) is 7.91. The Morgan fingerprint density at radius 1 is 1.31 bits per heavy atom. The minimum Gasteiger partial charge on any atom is -0.385 e. The number of aliphatic hydroxyl groups excluding tert-OH is 2. The zero-order valence-corrected chi connectivity index (χ0v) is 16.3. The number of nitrogens with zero attached hydrogens (tertiary/aromatic N) is 4. The summed E-state index contributed by atoms with van der Waals surface area (Å²) in [5.74, 6) is -1.43. The van der Waals surface area contributed by atoms with Crippen molar-refractivity contribution in [1.82, 2.24) is 19.5 Å². The van der Waals surface area contributed by atoms with Gasteiger partial charge in [0.2, 0.25) is 6.29 Å². The number of ether oxygens (including phenoxy) is 1. The lowest BCUT2D eigenvalue weighted by molar-refractivity contribution is -0.149. The van der Waals surface area contributed by atoms with E-state index in [-0.39, 0.29) is 22.9 Å². The second-order valence-corrected chi connectivity index (χ2v) is 8.04. The van der Waals surface area contributed by atoms with Crippen LogP contribution >= 0.6 is 7.82 Å². The molecule has 15 heteroatoms. The molecule has 1 saturated heterocycles. The van der Waals surface area contributed by atoms with Crippen LogP contribution in [0.2, 0.25) is 0 Å². The van der Waals surface area contributed by atoms with Gasteiger partial charge in [0.25, 0.3) is 0 Å². The van der Waals surface area contributed by atoms with Crippen LogP contribution in [0.25, 0.3) is 11.2 Å². The maximum Gasteiger partial charge on any atom is 0.532 e. The highest BCUT2D eigenvalue weighted by Crippen LogP contribution is 2.48. The molecule has 3 rings (SSSR count). The van der Waals surface area contributed by atoms with Crippen molar-refractivity contribution in [2.75, 3.05) is 5.73 Å². The molecule has 160 valence electrons. The molecule has 0 amide bonds. The van der Waals surface area contributed by atoms with E-state index < -0.39 is 44.6 Å². The largest absolute Gasteiger partial charge is 0.532 e. The fraction of sp³-hybridized carbons (Fsp3) is 0.571. The first-order chi connectivity index (χ1) is 13.5. The van der Waals surface area contributed by atoms with Crippen molar-refractivity contribution in [3.8, 4) is 0 Å². The average molecular weight is 432 g/mol. The quantitative estimate of drug-likeness (QED) is 0.333. The van der Waals surface area contributed by atoms with Crippen LogP contribution in [-0.2, 0) is 23.1 Å². The number of nitrogens with two attached hydrogens (primary N) is 2. The van der Waals surface area contributed by atoms with Crippen molar-refractivity contribution in [2.45, 2.75) is 44.6 Å². The molecule has 0 saturated carbocycles. The Hall–Kier alpha value is -2.19. The number of hydrogen-bond acceptors (Lipinski definition) is 12. The molecule has 1 fully saturated rings. The van der Waals surface area contributed by atoms with Gasteiger partial charge in [0.1, 0.15) is 30.1 Å². The molecule has 14 nitrogen and oxygen atoms in total. The fourth-order valence-electron chi connectivity index (χ4n) is 2.60. The third kappa shape index (κ3) is 4.23. The van der Waals surface area contributed by atoms with Gasteiger partial charge in [0, 0.05) is 0 Å². The van der Waals surface area contributed by atoms with E-state index in [2.05, 4.69) is 19.5 Å². The number of carbonyl (C=O) groups excluding carboxylic acids is 1. The fourth-order valence-corrected chi connectivity index (χ4v) is 3.43. The molecule has 0 spiro atoms. The number of aromatic nitrogens is 4. The van der Waals surface area contributed by atoms with Gasteiger partial charge in [-0.15, -0.1) is 0 Å². The Labute approximate surface area is 164 Å². The maximum atomic E-state index is 12.1. The molecule has 7 N–H and O–H groups in total. The third-order valence-corrected chi connectivity index (χ3v) is 5.17. The number of anilines is 1. The molecule has 2 aromatic rings. The van der Waals surface area contributed by atoms with E-state index in [1.807, 2.05) is 0 Å². The number of phosphoric ester groups is 1. The average Bonchev–Trinajstić information content (AvgIpc) is 3.17. The molecule has 29 heavy (non-hydrogen) atoms. The molecule has 6 atom stereocenters. The second-order valence-electron chi connectivity index (χ2n) is 6.71. The van der Waals surface area contributed by atoms with Gasteiger partial charge >= 0.3 is 13.8 Å². The summed E-state index contributed by atoms with van der Waals surface area (Å²) in [7, 11) is -5.01. The van der Waals surface area contributed by atoms with Crippen LogP contribution in [-0.4, -0.2) is 65.1 Å². The number of fused-ring (bicyclic) bond motifs is 1. The topological polar surface area (TPSA) is 218 Å². The Kier molecular flexibility index (Phi) is 5.87. The summed E-state index contributed by atoms with van der Waals surface area (Å²) in [5, 5.41) is 20.5. The summed E-state index contributed by atoms with van der Waals surface area (Å²) in [6.07, 6.45) is -4.04. The van der Waals surface area contributed by atoms with E-state index in [1.54, 1.807) is 13.8 Å². The SMILES string of the molecule is CC(C)[C@H](N)C(=O)OP(=O)(O)O[C@@H]1O[C@@H](n2cnc3c(N)ncnc32)[C@H](O)[C@@H]1O. The van der Waals surface area contributed by atoms with Gasteiger partial charge in [0.15, 0.2) is 17.7 Å². The lowest BCUT2D eigenvalue weighted by atomic mass is 10.1. The van der Waals surface area contributed by atoms with Crippen LogP contribution in [0.15, 0.2) is 12.7 Å². The first kappa shape index (κ1) is 21.5. The normalized spacial score (nSPS) is 27.8. The Morgan fingerprint density at radius 2 is 2.00 bits per heavy atom. The molecule has 0 aromatic carbocycles. The molecule has 2 aromatic heterocycles. The van der Waals surface area contributed by atoms with Crippen LogP contribution in [0.4, 0.5) is 5.82 Å². The molecule has 0 aliphatic carbocycles. The van der Waals surface area contributed by atoms with Gasteiger partial charge in [-0.25, -0.2) is 28.8 Å². The Bertz CT molecular complexity index is 953. The van der Waals surface area contributed by atoms with Crippen LogP contribution in [0.5, 0.6) is 0 Å². The van der Waals surface area contributed by atoms with Crippen molar-refractivity contribution >= 4 is 30.8 Å². The minimum atomic E-state index is -5.01. The number of aliphatic hydroxyl groups is 2. The third-order valence-electron chi connectivity index (χ3n) is 4.29. The monoisotopic (exact) mass is 432 g/mol. The molecular weight excluding hydrogens is 411 g/mol. The highest BCUT2D eigenvalue weighted by Gasteiger charge is 2.49. The highest BCUT2D eigenvalue weighted by molar-refractivity contribution is 7.48. The molecule has 0 bridgehead atoms. The van der Waals surface area contributed by atoms with Crippen LogP contribution in [0.3, 0.4) is 0 Å². The predicted molar refractivity (Wildman–Crippen MR) is 95.5 cm³/mol. The van der Waals surface area contributed by atoms with Gasteiger partial charge < -0.3 is 30.9 Å². The Morgan fingerprint density at radius 3 is 2.66 bits per heavy atom. The van der Waals surface area contributed by atoms with E-state index in [0.717, 1.165) is 0 Å². The first-order valence-electron chi connectivity index (χ1n) is 8.46. The van der Waals surface area contributed by atoms with Gasteiger partial charge in [-0.05, 0) is 5.92 Å². The number of rotatable bonds is 6. The summed E-state index contributed by atoms with van der Waals surface area (Å²) in [6, 6.07) is -1.16. The van der Waals surface area contributed by atoms with Crippen molar-refractivity contribution in [3.63, 3.8) is 0 Å². The van der Waals surface area contributed by atoms with Crippen LogP contribution < -0.4 is 11.5 Å². The van der Waals surface area contributed by atoms with Crippen molar-refractivity contribution in [1.29, 1.82) is 0 Å². The van der Waals surface area contributed by atoms with E-state index >= 15 is 0 Å². The summed E-state index contributed by atoms with van der Waals surface area (Å²) < 4.78 is 27.9. The molecular formula is C14H21N6O8P. The number of imidazole rings is 1. The van der Waals surface area contributed by atoms with Gasteiger partial charge in [-0.2, -0.15) is 0 Å². The molecule has 0 radical (unpaired) electrons. The Balaban J connectivity index is 1.76. The van der Waals surface area contributed by atoms with E-state index in [1.165, 1.54) is 17.2 Å². The van der Waals surface area contributed by atoms with Crippen LogP contribution in [0.1, 0.15) is 20.1 Å². The van der Waals surface area contributed by atoms with Gasteiger partial charge in [0.05, 0.1) is 6.33 Å². The van der Waals surface area contributed by atoms with Gasteiger partial charge in [-0.1, -0.05) is 13.8 Å². The standard InChI is InChI=1S/C14H21N6O8P/c1-5(2)6(15)13(23)27-29(24,25)28-14-9(22)8(21)12(26-14)20-4-19-7-10(16)17-3-18-11(7)20/h3-6,8-9,12,14,21-22H,15H2,1-2H3,(H,24,25)(H2,16,17,18)/t6-,8+,9-,12+,14-/m0/s1. The van der Waals surface area contributed by atoms with Crippen molar-refractivity contribution in [3.05, 3.63) is 12.7 Å². The van der Waals surface area contributed by atoms with Crippen molar-refractivity contribution in [2.24, 2.45) is 11.7 Å². The maximum absolute atomic E-state index is 12.1. The summed E-state index contributed by atoms with van der Waals surface area (Å²) >= 11 is 0. The molecule has 1 unspecified atom stereocenters. The lowest BCUT2D eigenvalue weighted by Crippen LogP contribution is -2.37. The van der Waals surface area contributed by atoms with E-state index in [4.69, 9.17) is 20.7 Å². The molecule has 3 heterocycles. The lowest BCUT2D eigenvalue weighted by Gasteiger charge is -2.20. The summed E-state index contributed by atoms with van der Waals surface area (Å²) in [5.41, 5.74) is 11.7. The van der Waals surface area contributed by atoms with E-state index in [9.17, 15) is 24.5 Å². The smallest absolute Gasteiger partial charge is 0.385 e. The zero-order chi connectivity index (χ0) is 21.5. The highest BCUT2D eigenvalue weighted by atomic mass is 31.2. The molecule has 1 aliphatic heterocycles. The van der Waals surface area contributed by atoms with E-state index in [0.29, 0.717) is 0 Å². The number of phosphoric acid groups is 1. The number of nitrogen functional groups attached to an aromatic ring is 1. The predicted octanol–water partition coefficient (Wildman–Crippen LogP) is -1.37. The van der Waals surface area contributed by atoms with Crippen molar-refractivity contribution < 1.29 is 38.3 Å². The van der Waals surface area contributed by atoms with Gasteiger partial charge in [-0.3, -0.25) is 9.46 Å².